The van der Waals surface area contributed by atoms with Crippen molar-refractivity contribution in [2.75, 3.05) is 0 Å². The third-order valence-corrected chi connectivity index (χ3v) is 6.64. The van der Waals surface area contributed by atoms with Crippen LogP contribution in [0.2, 0.25) is 0 Å². The normalized spacial score (nSPS) is 16.1. The van der Waals surface area contributed by atoms with Gasteiger partial charge < -0.3 is 4.57 Å². The van der Waals surface area contributed by atoms with Gasteiger partial charge in [-0.1, -0.05) is 52.4 Å². The van der Waals surface area contributed by atoms with Crippen molar-refractivity contribution in [3.63, 3.8) is 0 Å². The van der Waals surface area contributed by atoms with E-state index >= 15 is 0 Å². The number of benzene rings is 2. The molecule has 122 valence electrons. The van der Waals surface area contributed by atoms with Gasteiger partial charge in [-0.25, -0.2) is 0 Å². The molecule has 1 unspecified atom stereocenters. The van der Waals surface area contributed by atoms with Crippen LogP contribution in [-0.4, -0.2) is 51.6 Å². The van der Waals surface area contributed by atoms with Gasteiger partial charge in [-0.2, -0.15) is 0 Å². The van der Waals surface area contributed by atoms with Gasteiger partial charge in [0.05, 0.1) is 5.52 Å². The predicted octanol–water partition coefficient (Wildman–Crippen LogP) is -5.30. The SMILES string of the molecule is Bc1ccc2c(c1)c1c(n2-c2c(B)c(B)c(B)c(B)c2B)C=CCC1C. The third-order valence-electron chi connectivity index (χ3n) is 6.64. The zero-order valence-electron chi connectivity index (χ0n) is 17.1. The first-order valence-electron chi connectivity index (χ1n) is 9.71. The van der Waals surface area contributed by atoms with Crippen LogP contribution in [0.3, 0.4) is 0 Å². The lowest BCUT2D eigenvalue weighted by molar-refractivity contribution is 0.773. The number of hydrogen-bond donors (Lipinski definition) is 0. The summed E-state index contributed by atoms with van der Waals surface area (Å²) in [7, 11) is 13.5. The maximum atomic E-state index is 2.53. The minimum absolute atomic E-state index is 0.564. The smallest absolute Gasteiger partial charge is 0.141 e. The number of nitrogens with zero attached hydrogens (tertiary/aromatic N) is 1. The number of fused-ring (bicyclic) bond motifs is 3. The second-order valence-electron chi connectivity index (χ2n) is 8.17. The van der Waals surface area contributed by atoms with Crippen molar-refractivity contribution < 1.29 is 0 Å². The molecular weight excluding hydrogens is 307 g/mol. The number of rotatable bonds is 1. The molecule has 0 fully saturated rings. The summed E-state index contributed by atoms with van der Waals surface area (Å²) in [6.45, 7) is 2.36. The van der Waals surface area contributed by atoms with Crippen molar-refractivity contribution in [3.8, 4) is 5.69 Å². The van der Waals surface area contributed by atoms with Crippen LogP contribution in [0.25, 0.3) is 22.7 Å². The average molecular weight is 330 g/mol. The van der Waals surface area contributed by atoms with E-state index in [1.54, 1.807) is 0 Å². The Hall–Kier alpha value is -1.89. The molecule has 1 aromatic heterocycles. The van der Waals surface area contributed by atoms with Gasteiger partial charge in [0, 0.05) is 16.8 Å². The van der Waals surface area contributed by atoms with Crippen LogP contribution in [0, 0.1) is 0 Å². The molecule has 1 heterocycles. The van der Waals surface area contributed by atoms with E-state index in [2.05, 4.69) is 88.9 Å². The van der Waals surface area contributed by atoms with Crippen LogP contribution >= 0.6 is 0 Å². The highest BCUT2D eigenvalue weighted by Crippen LogP contribution is 2.38. The minimum atomic E-state index is 0.564. The molecule has 2 aromatic carbocycles. The fraction of sp³-hybridized carbons (Fsp3) is 0.158. The van der Waals surface area contributed by atoms with Crippen LogP contribution < -0.4 is 32.8 Å². The Bertz CT molecular complexity index is 1070. The molecule has 0 radical (unpaired) electrons. The van der Waals surface area contributed by atoms with Crippen LogP contribution in [0.1, 0.15) is 30.5 Å². The Labute approximate surface area is 162 Å². The Balaban J connectivity index is 2.21. The molecule has 7 heteroatoms. The monoisotopic (exact) mass is 331 g/mol. The van der Waals surface area contributed by atoms with E-state index in [1.807, 2.05) is 0 Å². The van der Waals surface area contributed by atoms with Gasteiger partial charge in [0.25, 0.3) is 0 Å². The molecule has 0 saturated heterocycles. The van der Waals surface area contributed by atoms with Gasteiger partial charge in [-0.05, 0) is 30.0 Å². The van der Waals surface area contributed by atoms with Crippen molar-refractivity contribution >= 4 is 96.8 Å². The van der Waals surface area contributed by atoms with Crippen LogP contribution in [0.4, 0.5) is 0 Å². The van der Waals surface area contributed by atoms with Crippen molar-refractivity contribution in [3.05, 3.63) is 35.5 Å². The highest BCUT2D eigenvalue weighted by atomic mass is 15.0. The van der Waals surface area contributed by atoms with Crippen molar-refractivity contribution in [2.45, 2.75) is 19.3 Å². The molecule has 1 aliphatic carbocycles. The minimum Gasteiger partial charge on any atom is -0.311 e. The van der Waals surface area contributed by atoms with Gasteiger partial charge in [-0.15, -0.1) is 5.46 Å². The second-order valence-corrected chi connectivity index (χ2v) is 8.17. The molecule has 26 heavy (non-hydrogen) atoms. The highest BCUT2D eigenvalue weighted by molar-refractivity contribution is 6.68. The largest absolute Gasteiger partial charge is 0.311 e. The van der Waals surface area contributed by atoms with Gasteiger partial charge in [-0.3, -0.25) is 0 Å². The summed E-state index contributed by atoms with van der Waals surface area (Å²) in [5.74, 6) is 0.564. The van der Waals surface area contributed by atoms with Crippen molar-refractivity contribution in [2.24, 2.45) is 0 Å². The molecule has 0 saturated carbocycles. The molecule has 0 amide bonds. The van der Waals surface area contributed by atoms with E-state index < -0.39 is 0 Å². The lowest BCUT2D eigenvalue weighted by Gasteiger charge is -2.24. The molecule has 0 spiro atoms. The maximum Gasteiger partial charge on any atom is 0.141 e. The lowest BCUT2D eigenvalue weighted by Crippen LogP contribution is -2.56. The summed E-state index contributed by atoms with van der Waals surface area (Å²) in [5, 5.41) is 1.42. The summed E-state index contributed by atoms with van der Waals surface area (Å²) in [6, 6.07) is 6.93. The summed E-state index contributed by atoms with van der Waals surface area (Å²) < 4.78 is 2.53. The van der Waals surface area contributed by atoms with Crippen molar-refractivity contribution in [1.29, 1.82) is 0 Å². The fourth-order valence-electron chi connectivity index (χ4n) is 4.69. The van der Waals surface area contributed by atoms with Crippen LogP contribution in [0.5, 0.6) is 0 Å². The third kappa shape index (κ3) is 2.32. The first kappa shape index (κ1) is 17.5. The second kappa shape index (κ2) is 6.08. The van der Waals surface area contributed by atoms with Crippen LogP contribution in [0.15, 0.2) is 24.3 Å². The summed E-state index contributed by atoms with van der Waals surface area (Å²) in [4.78, 5) is 0. The summed E-state index contributed by atoms with van der Waals surface area (Å²) in [6.07, 6.45) is 5.81. The highest BCUT2D eigenvalue weighted by Gasteiger charge is 2.25. The van der Waals surface area contributed by atoms with E-state index in [0.29, 0.717) is 5.92 Å². The Morgan fingerprint density at radius 2 is 1.50 bits per heavy atom. The summed E-state index contributed by atoms with van der Waals surface area (Å²) >= 11 is 0. The molecule has 0 N–H and O–H groups in total. The van der Waals surface area contributed by atoms with Gasteiger partial charge >= 0.3 is 0 Å². The van der Waals surface area contributed by atoms with Gasteiger partial charge in [0.1, 0.15) is 47.1 Å². The van der Waals surface area contributed by atoms with E-state index in [1.165, 1.54) is 60.6 Å². The van der Waals surface area contributed by atoms with Crippen LogP contribution in [-0.2, 0) is 0 Å². The molecule has 0 aliphatic heterocycles. The molecule has 1 nitrogen and oxygen atoms in total. The Morgan fingerprint density at radius 3 is 2.15 bits per heavy atom. The summed E-state index contributed by atoms with van der Waals surface area (Å²) in [5.41, 5.74) is 14.0. The van der Waals surface area contributed by atoms with E-state index in [4.69, 9.17) is 0 Å². The predicted molar refractivity (Wildman–Crippen MR) is 134 cm³/mol. The van der Waals surface area contributed by atoms with E-state index in [0.717, 1.165) is 6.42 Å². The maximum absolute atomic E-state index is 2.53. The Kier molecular flexibility index (Phi) is 4.10. The fourth-order valence-corrected chi connectivity index (χ4v) is 4.69. The average Bonchev–Trinajstić information content (AvgIpc) is 2.93. The molecule has 4 rings (SSSR count). The number of aromatic nitrogens is 1. The van der Waals surface area contributed by atoms with Gasteiger partial charge in [0.2, 0.25) is 0 Å². The lowest BCUT2D eigenvalue weighted by atomic mass is 9.61. The topological polar surface area (TPSA) is 4.93 Å². The van der Waals surface area contributed by atoms with E-state index in [9.17, 15) is 0 Å². The van der Waals surface area contributed by atoms with Crippen molar-refractivity contribution in [1.82, 2.24) is 4.57 Å². The molecule has 1 atom stereocenters. The standard InChI is InChI=1S/C19H23B6N/c1-8-3-2-4-12-13(8)10-7-9(20)5-6-11(10)26(12)19-17(24)15(22)14(21)16(23)18(19)25/h2,4-8H,3,20-25H2,1H3. The quantitative estimate of drug-likeness (QED) is 0.393. The zero-order valence-corrected chi connectivity index (χ0v) is 17.1. The molecule has 1 aliphatic rings. The number of allylic oxidation sites excluding steroid dienone is 1. The first-order chi connectivity index (χ1) is 12.3. The zero-order chi connectivity index (χ0) is 18.7. The molecular formula is C19H23B6N. The van der Waals surface area contributed by atoms with E-state index in [-0.39, 0.29) is 0 Å². The van der Waals surface area contributed by atoms with Gasteiger partial charge in [0.15, 0.2) is 0 Å². The number of hydrogen-bond acceptors (Lipinski definition) is 0. The Morgan fingerprint density at radius 1 is 0.885 bits per heavy atom. The molecule has 0 bridgehead atoms. The molecule has 3 aromatic rings. The first-order valence-corrected chi connectivity index (χ1v) is 9.71.